The molecule has 264 valence electrons. The molecule has 0 saturated carbocycles. The Labute approximate surface area is 335 Å². The fourth-order valence-electron chi connectivity index (χ4n) is 7.79. The summed E-state index contributed by atoms with van der Waals surface area (Å²) in [7, 11) is 0. The van der Waals surface area contributed by atoms with E-state index in [4.69, 9.17) is 19.2 Å². The van der Waals surface area contributed by atoms with Crippen LogP contribution in [0, 0.1) is 26.0 Å². The molecule has 7 heteroatoms. The molecule has 0 unspecified atom stereocenters. The zero-order valence-corrected chi connectivity index (χ0v) is 32.2. The smallest absolute Gasteiger partial charge is 0.517 e. The first-order chi connectivity index (χ1) is 26.6. The number of hydrogen-bond donors (Lipinski definition) is 0. The van der Waals surface area contributed by atoms with Crippen molar-refractivity contribution in [1.82, 2.24) is 9.97 Å². The maximum absolute atomic E-state index is 6.68. The van der Waals surface area contributed by atoms with E-state index in [1.165, 1.54) is 0 Å². The molecule has 0 spiro atoms. The molecule has 0 bridgehead atoms. The van der Waals surface area contributed by atoms with E-state index in [2.05, 4.69) is 128 Å². The summed E-state index contributed by atoms with van der Waals surface area (Å²) in [6.07, 6.45) is 3.60. The minimum absolute atomic E-state index is 0. The maximum Gasteiger partial charge on any atom is 2.00 e. The van der Waals surface area contributed by atoms with Gasteiger partial charge < -0.3 is 19.2 Å². The van der Waals surface area contributed by atoms with Crippen LogP contribution in [0.4, 0.5) is 0 Å². The molecule has 0 atom stereocenters. The third-order valence-electron chi connectivity index (χ3n) is 10.2. The molecule has 8 aromatic rings. The summed E-state index contributed by atoms with van der Waals surface area (Å²) in [4.78, 5) is 9.28. The van der Waals surface area contributed by atoms with E-state index in [1.54, 1.807) is 6.20 Å². The largest absolute Gasteiger partial charge is 2.00 e. The van der Waals surface area contributed by atoms with Crippen molar-refractivity contribution in [3.63, 3.8) is 0 Å². The Morgan fingerprint density at radius 1 is 0.564 bits per heavy atom. The molecular weight excluding hydrogens is 858 g/mol. The molecule has 0 saturated heterocycles. The zero-order valence-electron chi connectivity index (χ0n) is 29.9. The van der Waals surface area contributed by atoms with Crippen molar-refractivity contribution in [2.45, 2.75) is 13.8 Å². The van der Waals surface area contributed by atoms with Gasteiger partial charge in [0.15, 0.2) is 0 Å². The van der Waals surface area contributed by atoms with E-state index in [0.717, 1.165) is 95.2 Å². The Bertz CT molecular complexity index is 2650. The van der Waals surface area contributed by atoms with Gasteiger partial charge in [-0.05, 0) is 82.2 Å². The van der Waals surface area contributed by atoms with Crippen LogP contribution in [0.1, 0.15) is 11.1 Å². The van der Waals surface area contributed by atoms with Gasteiger partial charge in [0, 0.05) is 41.2 Å². The Balaban J connectivity index is 0.00000397. The molecule has 4 heterocycles. The SMILES string of the molecule is Cc1cc(C)c2c3c1Oc1ccc(Oc4ccccn4)[c-]c1B3c1[c-]c(-c3cc(-c4c(-c5ccccc5)cccc4-c4ccccc4)ccn3)ccc1O2.[Pt+2]. The number of rotatable bonds is 6. The van der Waals surface area contributed by atoms with Crippen LogP contribution < -0.4 is 30.6 Å². The van der Waals surface area contributed by atoms with Crippen LogP contribution in [0.5, 0.6) is 34.6 Å². The van der Waals surface area contributed by atoms with Gasteiger partial charge >= 0.3 is 21.1 Å². The van der Waals surface area contributed by atoms with E-state index in [9.17, 15) is 0 Å². The summed E-state index contributed by atoms with van der Waals surface area (Å²) in [6.45, 7) is 3.89. The number of aromatic nitrogens is 2. The van der Waals surface area contributed by atoms with Gasteiger partial charge in [0.1, 0.15) is 11.5 Å². The average Bonchev–Trinajstić information content (AvgIpc) is 3.23. The Kier molecular flexibility index (Phi) is 8.92. The van der Waals surface area contributed by atoms with Crippen molar-refractivity contribution in [2.75, 3.05) is 0 Å². The Morgan fingerprint density at radius 2 is 1.20 bits per heavy atom. The summed E-state index contributed by atoms with van der Waals surface area (Å²) in [5, 5.41) is 0. The van der Waals surface area contributed by atoms with Crippen LogP contribution >= 0.6 is 0 Å². The maximum atomic E-state index is 6.68. The summed E-state index contributed by atoms with van der Waals surface area (Å²) in [5.41, 5.74) is 13.3. The second kappa shape index (κ2) is 14.2. The fraction of sp³-hybridized carbons (Fsp3) is 0.0417. The molecule has 0 aliphatic carbocycles. The molecular formula is C48H31BN2O3Pt. The van der Waals surface area contributed by atoms with E-state index in [1.807, 2.05) is 48.7 Å². The number of aryl methyl sites for hydroxylation is 2. The molecule has 0 fully saturated rings. The molecule has 10 rings (SSSR count). The normalized spacial score (nSPS) is 11.9. The van der Waals surface area contributed by atoms with E-state index in [-0.39, 0.29) is 27.8 Å². The predicted molar refractivity (Wildman–Crippen MR) is 215 cm³/mol. The first-order valence-electron chi connectivity index (χ1n) is 18.0. The van der Waals surface area contributed by atoms with Crippen LogP contribution in [0.3, 0.4) is 0 Å². The first-order valence-corrected chi connectivity index (χ1v) is 18.0. The van der Waals surface area contributed by atoms with Gasteiger partial charge in [0.2, 0.25) is 12.6 Å². The minimum atomic E-state index is -0.264. The molecule has 0 amide bonds. The van der Waals surface area contributed by atoms with E-state index < -0.39 is 0 Å². The minimum Gasteiger partial charge on any atom is -0.517 e. The van der Waals surface area contributed by atoms with E-state index in [0.29, 0.717) is 11.6 Å². The topological polar surface area (TPSA) is 53.5 Å². The first kappa shape index (κ1) is 34.5. The molecule has 0 radical (unpaired) electrons. The second-order valence-corrected chi connectivity index (χ2v) is 13.6. The van der Waals surface area contributed by atoms with Gasteiger partial charge in [-0.2, -0.15) is 0 Å². The zero-order chi connectivity index (χ0) is 36.2. The third-order valence-corrected chi connectivity index (χ3v) is 10.2. The number of ether oxygens (including phenoxy) is 3. The number of benzene rings is 6. The van der Waals surface area contributed by atoms with Gasteiger partial charge in [-0.25, -0.2) is 4.98 Å². The van der Waals surface area contributed by atoms with Crippen molar-refractivity contribution < 1.29 is 35.3 Å². The Hall–Kier alpha value is -6.23. The van der Waals surface area contributed by atoms with Gasteiger partial charge in [-0.15, -0.1) is 52.9 Å². The summed E-state index contributed by atoms with van der Waals surface area (Å²) in [6, 6.07) is 54.9. The third kappa shape index (κ3) is 6.13. The van der Waals surface area contributed by atoms with Crippen molar-refractivity contribution >= 4 is 23.1 Å². The number of hydrogen-bond acceptors (Lipinski definition) is 5. The molecule has 2 aliphatic heterocycles. The quantitative estimate of drug-likeness (QED) is 0.123. The van der Waals surface area contributed by atoms with Gasteiger partial charge in [-0.1, -0.05) is 91.0 Å². The monoisotopic (exact) mass is 889 g/mol. The van der Waals surface area contributed by atoms with Crippen LogP contribution in [-0.2, 0) is 21.1 Å². The van der Waals surface area contributed by atoms with E-state index >= 15 is 0 Å². The average molecular weight is 890 g/mol. The number of nitrogens with zero attached hydrogens (tertiary/aromatic N) is 2. The fourth-order valence-corrected chi connectivity index (χ4v) is 7.79. The standard InChI is InChI=1S/C48H31BN2O3.Pt/c1-30-26-31(2)48-46-47(30)53-42-21-19-34(27-39(42)49(46)40-29-36(20-22-43(40)54-48)52-44-18-9-10-24-51-44)41-28-35(23-25-50-41)45-37(32-12-5-3-6-13-32)16-11-17-38(45)33-14-7-4-8-15-33;/h3-26,28H,1-2H3;/q-2;+2. The molecule has 55 heavy (non-hydrogen) atoms. The van der Waals surface area contributed by atoms with Crippen molar-refractivity contribution in [3.8, 4) is 79.3 Å². The molecule has 2 aromatic heterocycles. The van der Waals surface area contributed by atoms with Gasteiger partial charge in [-0.3, -0.25) is 0 Å². The summed E-state index contributed by atoms with van der Waals surface area (Å²) in [5.74, 6) is 4.11. The molecule has 0 N–H and O–H groups in total. The second-order valence-electron chi connectivity index (χ2n) is 13.6. The number of pyridine rings is 2. The van der Waals surface area contributed by atoms with Gasteiger partial charge in [0.25, 0.3) is 0 Å². The Morgan fingerprint density at radius 3 is 1.85 bits per heavy atom. The van der Waals surface area contributed by atoms with Crippen molar-refractivity contribution in [3.05, 3.63) is 175 Å². The van der Waals surface area contributed by atoms with Gasteiger partial charge in [0.05, 0.1) is 0 Å². The predicted octanol–water partition coefficient (Wildman–Crippen LogP) is 9.88. The molecule has 5 nitrogen and oxygen atoms in total. The summed E-state index contributed by atoms with van der Waals surface area (Å²) >= 11 is 0. The van der Waals surface area contributed by atoms with Crippen molar-refractivity contribution in [2.24, 2.45) is 0 Å². The van der Waals surface area contributed by atoms with Crippen LogP contribution in [0.25, 0.3) is 44.6 Å². The molecule has 6 aromatic carbocycles. The van der Waals surface area contributed by atoms with Crippen molar-refractivity contribution in [1.29, 1.82) is 0 Å². The number of fused-ring (bicyclic) bond motifs is 4. The van der Waals surface area contributed by atoms with Crippen LogP contribution in [0.15, 0.2) is 152 Å². The van der Waals surface area contributed by atoms with Crippen LogP contribution in [0.2, 0.25) is 0 Å². The summed E-state index contributed by atoms with van der Waals surface area (Å²) < 4.78 is 19.4. The molecule has 2 aliphatic rings. The van der Waals surface area contributed by atoms with Crippen LogP contribution in [-0.4, -0.2) is 16.7 Å².